The number of H-pyrrole nitrogens is 1. The van der Waals surface area contributed by atoms with E-state index in [4.69, 9.17) is 4.74 Å². The van der Waals surface area contributed by atoms with Crippen LogP contribution in [0.25, 0.3) is 0 Å². The summed E-state index contributed by atoms with van der Waals surface area (Å²) in [6.07, 6.45) is 2.85. The highest BCUT2D eigenvalue weighted by Crippen LogP contribution is 2.23. The van der Waals surface area contributed by atoms with E-state index in [1.807, 2.05) is 13.8 Å². The van der Waals surface area contributed by atoms with Crippen molar-refractivity contribution < 1.29 is 13.2 Å². The normalized spacial score (nSPS) is 11.3. The van der Waals surface area contributed by atoms with Crippen molar-refractivity contribution in [3.8, 4) is 5.75 Å². The average Bonchev–Trinajstić information content (AvgIpc) is 2.87. The topological polar surface area (TPSA) is 84.1 Å². The van der Waals surface area contributed by atoms with E-state index >= 15 is 0 Å². The number of benzene rings is 1. The van der Waals surface area contributed by atoms with Gasteiger partial charge in [-0.2, -0.15) is 8.42 Å². The molecular formula is C12H15N3O3S. The van der Waals surface area contributed by atoms with Crippen LogP contribution in [-0.4, -0.2) is 25.0 Å². The van der Waals surface area contributed by atoms with Crippen LogP contribution in [0.2, 0.25) is 0 Å². The first-order valence-corrected chi connectivity index (χ1v) is 7.27. The minimum Gasteiger partial charge on any atom is -0.494 e. The lowest BCUT2D eigenvalue weighted by Crippen LogP contribution is -2.15. The van der Waals surface area contributed by atoms with Gasteiger partial charge < -0.3 is 9.72 Å². The van der Waals surface area contributed by atoms with Crippen molar-refractivity contribution in [2.75, 3.05) is 11.3 Å². The van der Waals surface area contributed by atoms with Crippen LogP contribution < -0.4 is 9.46 Å². The van der Waals surface area contributed by atoms with Gasteiger partial charge in [-0.15, -0.1) is 0 Å². The number of nitrogens with zero attached hydrogens (tertiary/aromatic N) is 1. The number of hydrogen-bond acceptors (Lipinski definition) is 4. The summed E-state index contributed by atoms with van der Waals surface area (Å²) >= 11 is 0. The van der Waals surface area contributed by atoms with Crippen LogP contribution in [0.5, 0.6) is 5.75 Å². The maximum Gasteiger partial charge on any atom is 0.295 e. The molecule has 19 heavy (non-hydrogen) atoms. The first kappa shape index (κ1) is 13.4. The highest BCUT2D eigenvalue weighted by atomic mass is 32.2. The van der Waals surface area contributed by atoms with Crippen molar-refractivity contribution in [3.63, 3.8) is 0 Å². The number of ether oxygens (including phenoxy) is 1. The SMILES string of the molecule is CCOc1ccc(NS(=O)(=O)c2ncc[nH]2)c(C)c1. The van der Waals surface area contributed by atoms with E-state index < -0.39 is 10.0 Å². The van der Waals surface area contributed by atoms with E-state index in [1.54, 1.807) is 18.2 Å². The molecule has 0 saturated carbocycles. The number of nitrogens with one attached hydrogen (secondary N) is 2. The Bertz CT molecular complexity index is 651. The van der Waals surface area contributed by atoms with E-state index in [9.17, 15) is 8.42 Å². The summed E-state index contributed by atoms with van der Waals surface area (Å²) in [5.41, 5.74) is 1.28. The van der Waals surface area contributed by atoms with Gasteiger partial charge in [-0.05, 0) is 37.6 Å². The van der Waals surface area contributed by atoms with Gasteiger partial charge in [0.2, 0.25) is 5.16 Å². The monoisotopic (exact) mass is 281 g/mol. The molecule has 0 unspecified atom stereocenters. The number of aromatic amines is 1. The van der Waals surface area contributed by atoms with Crippen molar-refractivity contribution >= 4 is 15.7 Å². The largest absolute Gasteiger partial charge is 0.494 e. The number of aromatic nitrogens is 2. The second-order valence-electron chi connectivity index (χ2n) is 3.91. The molecule has 2 N–H and O–H groups in total. The van der Waals surface area contributed by atoms with Crippen molar-refractivity contribution in [2.24, 2.45) is 0 Å². The molecular weight excluding hydrogens is 266 g/mol. The fourth-order valence-electron chi connectivity index (χ4n) is 1.60. The highest BCUT2D eigenvalue weighted by molar-refractivity contribution is 7.92. The summed E-state index contributed by atoms with van der Waals surface area (Å²) in [5.74, 6) is 0.709. The smallest absolute Gasteiger partial charge is 0.295 e. The summed E-state index contributed by atoms with van der Waals surface area (Å²) in [4.78, 5) is 6.29. The first-order chi connectivity index (χ1) is 9.03. The van der Waals surface area contributed by atoms with Crippen molar-refractivity contribution in [3.05, 3.63) is 36.2 Å². The molecule has 0 radical (unpaired) electrons. The predicted molar refractivity (Wildman–Crippen MR) is 71.7 cm³/mol. The number of hydrogen-bond donors (Lipinski definition) is 2. The van der Waals surface area contributed by atoms with Crippen molar-refractivity contribution in [1.29, 1.82) is 0 Å². The lowest BCUT2D eigenvalue weighted by Gasteiger charge is -2.10. The van der Waals surface area contributed by atoms with Gasteiger partial charge in [-0.3, -0.25) is 4.72 Å². The van der Waals surface area contributed by atoms with Gasteiger partial charge in [0.05, 0.1) is 12.3 Å². The molecule has 2 aromatic rings. The zero-order valence-electron chi connectivity index (χ0n) is 10.7. The van der Waals surface area contributed by atoms with Gasteiger partial charge in [0.25, 0.3) is 10.0 Å². The van der Waals surface area contributed by atoms with Crippen LogP contribution in [0.3, 0.4) is 0 Å². The third-order valence-electron chi connectivity index (χ3n) is 2.48. The average molecular weight is 281 g/mol. The Morgan fingerprint density at radius 3 is 2.79 bits per heavy atom. The molecule has 6 nitrogen and oxygen atoms in total. The van der Waals surface area contributed by atoms with Crippen LogP contribution in [0.15, 0.2) is 35.7 Å². The fraction of sp³-hybridized carbons (Fsp3) is 0.250. The maximum absolute atomic E-state index is 12.0. The maximum atomic E-state index is 12.0. The second kappa shape index (κ2) is 5.31. The molecule has 1 aromatic carbocycles. The van der Waals surface area contributed by atoms with E-state index in [0.717, 1.165) is 5.56 Å². The van der Waals surface area contributed by atoms with Crippen molar-refractivity contribution in [2.45, 2.75) is 19.0 Å². The molecule has 102 valence electrons. The van der Waals surface area contributed by atoms with E-state index in [2.05, 4.69) is 14.7 Å². The highest BCUT2D eigenvalue weighted by Gasteiger charge is 2.17. The number of imidazole rings is 1. The Kier molecular flexibility index (Phi) is 3.75. The Labute approximate surface area is 111 Å². The lowest BCUT2D eigenvalue weighted by atomic mass is 10.2. The summed E-state index contributed by atoms with van der Waals surface area (Å²) in [7, 11) is -3.68. The third kappa shape index (κ3) is 3.05. The Morgan fingerprint density at radius 2 is 2.21 bits per heavy atom. The Morgan fingerprint density at radius 1 is 1.42 bits per heavy atom. The molecule has 0 aliphatic heterocycles. The van der Waals surface area contributed by atoms with Crippen LogP contribution in [-0.2, 0) is 10.0 Å². The van der Waals surface area contributed by atoms with Crippen LogP contribution >= 0.6 is 0 Å². The second-order valence-corrected chi connectivity index (χ2v) is 5.51. The molecule has 0 bridgehead atoms. The molecule has 1 heterocycles. The molecule has 0 amide bonds. The molecule has 7 heteroatoms. The molecule has 0 saturated heterocycles. The van der Waals surface area contributed by atoms with Crippen molar-refractivity contribution in [1.82, 2.24) is 9.97 Å². The van der Waals surface area contributed by atoms with E-state index in [1.165, 1.54) is 12.4 Å². The summed E-state index contributed by atoms with van der Waals surface area (Å²) < 4.78 is 31.8. The molecule has 0 spiro atoms. The molecule has 0 aliphatic carbocycles. The molecule has 0 atom stereocenters. The summed E-state index contributed by atoms with van der Waals surface area (Å²) in [5, 5.41) is -0.110. The molecule has 0 aliphatic rings. The van der Waals surface area contributed by atoms with Crippen LogP contribution in [0.1, 0.15) is 12.5 Å². The molecule has 0 fully saturated rings. The Hall–Kier alpha value is -2.02. The zero-order valence-corrected chi connectivity index (χ0v) is 11.5. The minimum atomic E-state index is -3.68. The van der Waals surface area contributed by atoms with Gasteiger partial charge >= 0.3 is 0 Å². The molecule has 2 rings (SSSR count). The lowest BCUT2D eigenvalue weighted by molar-refractivity contribution is 0.340. The van der Waals surface area contributed by atoms with Gasteiger partial charge in [0.15, 0.2) is 0 Å². The first-order valence-electron chi connectivity index (χ1n) is 5.78. The van der Waals surface area contributed by atoms with E-state index in [0.29, 0.717) is 18.0 Å². The summed E-state index contributed by atoms with van der Waals surface area (Å²) in [6.45, 7) is 4.27. The Balaban J connectivity index is 2.25. The number of anilines is 1. The van der Waals surface area contributed by atoms with Gasteiger partial charge in [-0.1, -0.05) is 0 Å². The zero-order chi connectivity index (χ0) is 13.9. The van der Waals surface area contributed by atoms with Crippen LogP contribution in [0.4, 0.5) is 5.69 Å². The third-order valence-corrected chi connectivity index (χ3v) is 3.70. The van der Waals surface area contributed by atoms with Crippen LogP contribution in [0, 0.1) is 6.92 Å². The van der Waals surface area contributed by atoms with Gasteiger partial charge in [0, 0.05) is 12.4 Å². The number of rotatable bonds is 5. The quantitative estimate of drug-likeness (QED) is 0.877. The summed E-state index contributed by atoms with van der Waals surface area (Å²) in [6, 6.07) is 5.17. The predicted octanol–water partition coefficient (Wildman–Crippen LogP) is 1.92. The van der Waals surface area contributed by atoms with Gasteiger partial charge in [-0.25, -0.2) is 4.98 Å². The standard InChI is InChI=1S/C12H15N3O3S/c1-3-18-10-4-5-11(9(2)8-10)15-19(16,17)12-13-6-7-14-12/h4-8,15H,3H2,1-2H3,(H,13,14). The number of aryl methyl sites for hydroxylation is 1. The molecule has 1 aromatic heterocycles. The number of sulfonamides is 1. The minimum absolute atomic E-state index is 0.110. The van der Waals surface area contributed by atoms with E-state index in [-0.39, 0.29) is 5.16 Å². The van der Waals surface area contributed by atoms with Gasteiger partial charge in [0.1, 0.15) is 5.75 Å². The fourth-order valence-corrected chi connectivity index (χ4v) is 2.64.